The number of fused-ring (bicyclic) bond motifs is 1. The monoisotopic (exact) mass is 431 g/mol. The van der Waals surface area contributed by atoms with Crippen molar-refractivity contribution in [3.8, 4) is 5.75 Å². The van der Waals surface area contributed by atoms with Crippen molar-refractivity contribution in [3.05, 3.63) is 39.7 Å². The summed E-state index contributed by atoms with van der Waals surface area (Å²) in [7, 11) is 0. The fourth-order valence-corrected chi connectivity index (χ4v) is 3.29. The molecule has 0 aliphatic carbocycles. The molecular formula is C24H33NO6. The summed E-state index contributed by atoms with van der Waals surface area (Å²) in [5, 5.41) is 3.24. The summed E-state index contributed by atoms with van der Waals surface area (Å²) in [5.41, 5.74) is 0.790. The number of carbonyl (C=O) groups excluding carboxylic acids is 2. The van der Waals surface area contributed by atoms with Crippen LogP contribution in [0.4, 0.5) is 4.79 Å². The van der Waals surface area contributed by atoms with Crippen LogP contribution in [0.15, 0.2) is 27.4 Å². The van der Waals surface area contributed by atoms with Gasteiger partial charge in [-0.3, -0.25) is 0 Å². The zero-order valence-corrected chi connectivity index (χ0v) is 19.5. The van der Waals surface area contributed by atoms with Crippen LogP contribution in [0.5, 0.6) is 5.75 Å². The number of alkyl carbamates (subject to hydrolysis) is 1. The van der Waals surface area contributed by atoms with Crippen molar-refractivity contribution in [1.82, 2.24) is 5.32 Å². The molecule has 1 heterocycles. The van der Waals surface area contributed by atoms with E-state index in [1.165, 1.54) is 6.07 Å². The van der Waals surface area contributed by atoms with Crippen LogP contribution in [0, 0.1) is 12.8 Å². The van der Waals surface area contributed by atoms with Gasteiger partial charge in [0, 0.05) is 6.07 Å². The molecule has 0 aliphatic heterocycles. The number of amides is 1. The summed E-state index contributed by atoms with van der Waals surface area (Å²) in [6, 6.07) is 4.03. The van der Waals surface area contributed by atoms with Crippen molar-refractivity contribution in [2.45, 2.75) is 79.4 Å². The molecule has 1 aromatic carbocycles. The fraction of sp³-hybridized carbons (Fsp3) is 0.542. The summed E-state index contributed by atoms with van der Waals surface area (Å²) >= 11 is 0. The Labute approximate surface area is 183 Å². The molecular weight excluding hydrogens is 398 g/mol. The summed E-state index contributed by atoms with van der Waals surface area (Å²) in [6.07, 6.45) is 1.43. The molecule has 2 aromatic rings. The lowest BCUT2D eigenvalue weighted by Crippen LogP contribution is -2.48. The van der Waals surface area contributed by atoms with E-state index in [0.717, 1.165) is 17.5 Å². The predicted octanol–water partition coefficient (Wildman–Crippen LogP) is 4.90. The molecule has 7 heteroatoms. The number of hydrogen-bond donors (Lipinski definition) is 1. The molecule has 1 N–H and O–H groups in total. The van der Waals surface area contributed by atoms with Crippen LogP contribution in [0.1, 0.15) is 65.5 Å². The first kappa shape index (κ1) is 24.4. The Morgan fingerprint density at radius 1 is 1.16 bits per heavy atom. The standard InChI is InChI=1S/C24H33NO6/c1-8-10-16-13-19(26)29-17-11-14(3)12-18(20(16)17)30-22(27)21(15(4)9-2)25-23(28)31-24(5,6)7/h11-13,15,21H,8-10H2,1-7H3,(H,25,28). The van der Waals surface area contributed by atoms with Crippen LogP contribution >= 0.6 is 0 Å². The van der Waals surface area contributed by atoms with Gasteiger partial charge in [0.05, 0.1) is 5.39 Å². The average Bonchev–Trinajstić information content (AvgIpc) is 2.63. The van der Waals surface area contributed by atoms with E-state index in [9.17, 15) is 14.4 Å². The van der Waals surface area contributed by atoms with Gasteiger partial charge in [-0.2, -0.15) is 0 Å². The Kier molecular flexibility index (Phi) is 7.87. The molecule has 0 aliphatic rings. The quantitative estimate of drug-likeness (QED) is 0.381. The largest absolute Gasteiger partial charge is 0.444 e. The normalized spacial score (nSPS) is 13.5. The second-order valence-electron chi connectivity index (χ2n) is 8.91. The molecule has 2 unspecified atom stereocenters. The second-order valence-corrected chi connectivity index (χ2v) is 8.91. The topological polar surface area (TPSA) is 94.8 Å². The van der Waals surface area contributed by atoms with E-state index in [1.807, 2.05) is 27.7 Å². The number of carbonyl (C=O) groups is 2. The minimum atomic E-state index is -0.888. The van der Waals surface area contributed by atoms with Gasteiger partial charge >= 0.3 is 17.7 Å². The molecule has 7 nitrogen and oxygen atoms in total. The first-order valence-corrected chi connectivity index (χ1v) is 10.7. The van der Waals surface area contributed by atoms with Gasteiger partial charge < -0.3 is 19.2 Å². The molecule has 0 fully saturated rings. The Morgan fingerprint density at radius 3 is 2.42 bits per heavy atom. The Bertz CT molecular complexity index is 1000. The first-order chi connectivity index (χ1) is 14.4. The molecule has 31 heavy (non-hydrogen) atoms. The lowest BCUT2D eigenvalue weighted by atomic mass is 9.99. The van der Waals surface area contributed by atoms with Crippen LogP contribution in [-0.4, -0.2) is 23.7 Å². The summed E-state index contributed by atoms with van der Waals surface area (Å²) in [6.45, 7) is 12.9. The number of nitrogens with one attached hydrogen (secondary N) is 1. The molecule has 0 spiro atoms. The summed E-state index contributed by atoms with van der Waals surface area (Å²) < 4.78 is 16.5. The van der Waals surface area contributed by atoms with Gasteiger partial charge in [0.2, 0.25) is 0 Å². The second kappa shape index (κ2) is 9.98. The van der Waals surface area contributed by atoms with Crippen molar-refractivity contribution in [2.75, 3.05) is 0 Å². The number of aryl methyl sites for hydroxylation is 2. The smallest absolute Gasteiger partial charge is 0.408 e. The van der Waals surface area contributed by atoms with Gasteiger partial charge in [0.25, 0.3) is 0 Å². The van der Waals surface area contributed by atoms with Gasteiger partial charge in [-0.25, -0.2) is 14.4 Å². The van der Waals surface area contributed by atoms with Crippen molar-refractivity contribution < 1.29 is 23.5 Å². The van der Waals surface area contributed by atoms with Gasteiger partial charge in [-0.05, 0) is 63.3 Å². The van der Waals surface area contributed by atoms with E-state index in [2.05, 4.69) is 5.32 Å². The Balaban J connectivity index is 2.43. The SMILES string of the molecule is CCCc1cc(=O)oc2cc(C)cc(OC(=O)C(NC(=O)OC(C)(C)C)C(C)CC)c12. The van der Waals surface area contributed by atoms with E-state index in [4.69, 9.17) is 13.9 Å². The third-order valence-corrected chi connectivity index (χ3v) is 4.90. The molecule has 2 atom stereocenters. The number of benzene rings is 1. The Hall–Kier alpha value is -2.83. The highest BCUT2D eigenvalue weighted by molar-refractivity contribution is 5.91. The van der Waals surface area contributed by atoms with Gasteiger partial charge in [-0.15, -0.1) is 0 Å². The third-order valence-electron chi connectivity index (χ3n) is 4.90. The molecule has 1 amide bonds. The van der Waals surface area contributed by atoms with Gasteiger partial charge in [-0.1, -0.05) is 33.6 Å². The minimum Gasteiger partial charge on any atom is -0.444 e. The molecule has 0 saturated carbocycles. The summed E-state index contributed by atoms with van der Waals surface area (Å²) in [5.74, 6) is -0.462. The highest BCUT2D eigenvalue weighted by Gasteiger charge is 2.30. The van der Waals surface area contributed by atoms with Crippen LogP contribution in [0.25, 0.3) is 11.0 Å². The van der Waals surface area contributed by atoms with E-state index < -0.39 is 29.3 Å². The first-order valence-electron chi connectivity index (χ1n) is 10.7. The molecule has 170 valence electrons. The third kappa shape index (κ3) is 6.57. The lowest BCUT2D eigenvalue weighted by Gasteiger charge is -2.26. The zero-order chi connectivity index (χ0) is 23.3. The fourth-order valence-electron chi connectivity index (χ4n) is 3.29. The molecule has 2 rings (SSSR count). The number of rotatable bonds is 7. The molecule has 0 saturated heterocycles. The van der Waals surface area contributed by atoms with E-state index in [1.54, 1.807) is 32.9 Å². The van der Waals surface area contributed by atoms with Crippen molar-refractivity contribution in [2.24, 2.45) is 5.92 Å². The highest BCUT2D eigenvalue weighted by atomic mass is 16.6. The number of esters is 1. The maximum Gasteiger partial charge on any atom is 0.408 e. The van der Waals surface area contributed by atoms with Crippen molar-refractivity contribution >= 4 is 23.0 Å². The van der Waals surface area contributed by atoms with Crippen molar-refractivity contribution in [1.29, 1.82) is 0 Å². The van der Waals surface area contributed by atoms with Crippen LogP contribution in [0.2, 0.25) is 0 Å². The van der Waals surface area contributed by atoms with Crippen molar-refractivity contribution in [3.63, 3.8) is 0 Å². The van der Waals surface area contributed by atoms with E-state index in [-0.39, 0.29) is 5.92 Å². The Morgan fingerprint density at radius 2 is 1.84 bits per heavy atom. The molecule has 0 radical (unpaired) electrons. The lowest BCUT2D eigenvalue weighted by molar-refractivity contribution is -0.138. The predicted molar refractivity (Wildman–Crippen MR) is 119 cm³/mol. The average molecular weight is 432 g/mol. The van der Waals surface area contributed by atoms with E-state index in [0.29, 0.717) is 29.6 Å². The molecule has 0 bridgehead atoms. The maximum atomic E-state index is 13.1. The van der Waals surface area contributed by atoms with E-state index >= 15 is 0 Å². The van der Waals surface area contributed by atoms with Crippen LogP contribution in [0.3, 0.4) is 0 Å². The number of ether oxygens (including phenoxy) is 2. The molecule has 1 aromatic heterocycles. The van der Waals surface area contributed by atoms with Gasteiger partial charge in [0.15, 0.2) is 0 Å². The van der Waals surface area contributed by atoms with Crippen LogP contribution in [-0.2, 0) is 16.0 Å². The minimum absolute atomic E-state index is 0.177. The summed E-state index contributed by atoms with van der Waals surface area (Å²) in [4.78, 5) is 37.4. The van der Waals surface area contributed by atoms with Crippen LogP contribution < -0.4 is 15.7 Å². The highest BCUT2D eigenvalue weighted by Crippen LogP contribution is 2.31. The van der Waals surface area contributed by atoms with Gasteiger partial charge in [0.1, 0.15) is 23.0 Å². The maximum absolute atomic E-state index is 13.1. The zero-order valence-electron chi connectivity index (χ0n) is 19.5. The number of hydrogen-bond acceptors (Lipinski definition) is 6.